The van der Waals surface area contributed by atoms with Crippen molar-refractivity contribution in [3.05, 3.63) is 29.8 Å². The molecular formula is C10H11F3OS. The normalized spacial score (nSPS) is 13.7. The molecule has 1 atom stereocenters. The first-order valence-corrected chi connectivity index (χ1v) is 4.91. The molecule has 0 aliphatic carbocycles. The molecule has 0 bridgehead atoms. The van der Waals surface area contributed by atoms with Gasteiger partial charge in [0, 0.05) is 5.25 Å². The van der Waals surface area contributed by atoms with Crippen LogP contribution in [0.25, 0.3) is 0 Å². The third kappa shape index (κ3) is 4.97. The van der Waals surface area contributed by atoms with E-state index in [1.54, 1.807) is 12.1 Å². The number of hydrogen-bond donors (Lipinski definition) is 1. The lowest BCUT2D eigenvalue weighted by Gasteiger charge is -2.09. The zero-order valence-corrected chi connectivity index (χ0v) is 8.98. The van der Waals surface area contributed by atoms with Crippen molar-refractivity contribution in [2.75, 3.05) is 0 Å². The van der Waals surface area contributed by atoms with Crippen molar-refractivity contribution in [2.24, 2.45) is 0 Å². The largest absolute Gasteiger partial charge is 0.573 e. The number of alkyl halides is 3. The number of halogens is 3. The van der Waals surface area contributed by atoms with E-state index in [1.165, 1.54) is 12.1 Å². The van der Waals surface area contributed by atoms with Gasteiger partial charge in [-0.1, -0.05) is 19.1 Å². The van der Waals surface area contributed by atoms with Crippen molar-refractivity contribution in [1.29, 1.82) is 0 Å². The van der Waals surface area contributed by atoms with Gasteiger partial charge in [0.15, 0.2) is 0 Å². The maximum absolute atomic E-state index is 11.8. The van der Waals surface area contributed by atoms with E-state index in [9.17, 15) is 13.2 Å². The van der Waals surface area contributed by atoms with Gasteiger partial charge in [-0.05, 0) is 24.1 Å². The van der Waals surface area contributed by atoms with Crippen LogP contribution in [0.5, 0.6) is 5.75 Å². The van der Waals surface area contributed by atoms with Crippen LogP contribution in [0.15, 0.2) is 24.3 Å². The van der Waals surface area contributed by atoms with Crippen molar-refractivity contribution in [1.82, 2.24) is 0 Å². The molecule has 1 aromatic carbocycles. The molecule has 0 N–H and O–H groups in total. The van der Waals surface area contributed by atoms with E-state index in [-0.39, 0.29) is 11.0 Å². The zero-order valence-electron chi connectivity index (χ0n) is 8.08. The Labute approximate surface area is 91.7 Å². The van der Waals surface area contributed by atoms with Crippen molar-refractivity contribution in [2.45, 2.75) is 25.0 Å². The molecule has 0 aliphatic rings. The first-order valence-electron chi connectivity index (χ1n) is 4.39. The summed E-state index contributed by atoms with van der Waals surface area (Å²) in [4.78, 5) is 0. The maximum atomic E-state index is 11.8. The number of thiol groups is 1. The monoisotopic (exact) mass is 236 g/mol. The Balaban J connectivity index is 2.64. The SMILES string of the molecule is CC(S)Cc1ccc(OC(F)(F)F)cc1. The van der Waals surface area contributed by atoms with Gasteiger partial charge in [-0.15, -0.1) is 13.2 Å². The predicted molar refractivity (Wildman–Crippen MR) is 55.3 cm³/mol. The van der Waals surface area contributed by atoms with Gasteiger partial charge in [-0.3, -0.25) is 0 Å². The highest BCUT2D eigenvalue weighted by Gasteiger charge is 2.30. The Kier molecular flexibility index (Phi) is 3.90. The molecular weight excluding hydrogens is 225 g/mol. The number of benzene rings is 1. The Bertz CT molecular complexity index is 305. The van der Waals surface area contributed by atoms with E-state index < -0.39 is 6.36 Å². The Hall–Kier alpha value is -0.840. The molecule has 1 nitrogen and oxygen atoms in total. The van der Waals surface area contributed by atoms with E-state index in [1.807, 2.05) is 6.92 Å². The molecule has 1 unspecified atom stereocenters. The van der Waals surface area contributed by atoms with Gasteiger partial charge in [0.2, 0.25) is 0 Å². The van der Waals surface area contributed by atoms with Crippen LogP contribution in [0.2, 0.25) is 0 Å². The van der Waals surface area contributed by atoms with Gasteiger partial charge in [-0.2, -0.15) is 12.6 Å². The molecule has 0 saturated heterocycles. The third-order valence-electron chi connectivity index (χ3n) is 1.69. The van der Waals surface area contributed by atoms with Gasteiger partial charge in [0.05, 0.1) is 0 Å². The lowest BCUT2D eigenvalue weighted by Crippen LogP contribution is -2.17. The van der Waals surface area contributed by atoms with E-state index in [2.05, 4.69) is 17.4 Å². The smallest absolute Gasteiger partial charge is 0.406 e. The molecule has 0 spiro atoms. The van der Waals surface area contributed by atoms with Crippen LogP contribution in [0.4, 0.5) is 13.2 Å². The summed E-state index contributed by atoms with van der Waals surface area (Å²) in [6, 6.07) is 5.82. The zero-order chi connectivity index (χ0) is 11.5. The second kappa shape index (κ2) is 4.79. The summed E-state index contributed by atoms with van der Waals surface area (Å²) in [6.07, 6.45) is -3.91. The second-order valence-electron chi connectivity index (χ2n) is 3.24. The number of ether oxygens (including phenoxy) is 1. The van der Waals surface area contributed by atoms with Crippen LogP contribution < -0.4 is 4.74 Å². The standard InChI is InChI=1S/C10H11F3OS/c1-7(15)6-8-2-4-9(5-3-8)14-10(11,12)13/h2-5,7,15H,6H2,1H3. The van der Waals surface area contributed by atoms with Crippen LogP contribution >= 0.6 is 12.6 Å². The average Bonchev–Trinajstić information content (AvgIpc) is 2.05. The lowest BCUT2D eigenvalue weighted by molar-refractivity contribution is -0.274. The van der Waals surface area contributed by atoms with E-state index in [0.29, 0.717) is 0 Å². The molecule has 1 aromatic rings. The molecule has 1 rings (SSSR count). The maximum Gasteiger partial charge on any atom is 0.573 e. The van der Waals surface area contributed by atoms with Crippen LogP contribution in [0.3, 0.4) is 0 Å². The summed E-state index contributed by atoms with van der Waals surface area (Å²) < 4.78 is 39.2. The van der Waals surface area contributed by atoms with Gasteiger partial charge in [-0.25, -0.2) is 0 Å². The highest BCUT2D eigenvalue weighted by Crippen LogP contribution is 2.23. The van der Waals surface area contributed by atoms with Crippen molar-refractivity contribution < 1.29 is 17.9 Å². The first kappa shape index (κ1) is 12.2. The summed E-state index contributed by atoms with van der Waals surface area (Å²) >= 11 is 4.19. The van der Waals surface area contributed by atoms with Crippen LogP contribution in [-0.4, -0.2) is 11.6 Å². The molecule has 5 heteroatoms. The van der Waals surface area contributed by atoms with Crippen LogP contribution in [-0.2, 0) is 6.42 Å². The number of hydrogen-bond acceptors (Lipinski definition) is 2. The van der Waals surface area contributed by atoms with Gasteiger partial charge >= 0.3 is 6.36 Å². The first-order chi connectivity index (χ1) is 6.87. The van der Waals surface area contributed by atoms with Crippen molar-refractivity contribution >= 4 is 12.6 Å². The molecule has 15 heavy (non-hydrogen) atoms. The topological polar surface area (TPSA) is 9.23 Å². The molecule has 0 aromatic heterocycles. The minimum absolute atomic E-state index is 0.180. The average molecular weight is 236 g/mol. The summed E-state index contributed by atoms with van der Waals surface area (Å²) in [5.74, 6) is -0.196. The van der Waals surface area contributed by atoms with Crippen molar-refractivity contribution in [3.8, 4) is 5.75 Å². The molecule has 0 heterocycles. The number of rotatable bonds is 3. The van der Waals surface area contributed by atoms with Gasteiger partial charge in [0.25, 0.3) is 0 Å². The van der Waals surface area contributed by atoms with Crippen molar-refractivity contribution in [3.63, 3.8) is 0 Å². The molecule has 0 fully saturated rings. The molecule has 0 amide bonds. The summed E-state index contributed by atoms with van der Waals surface area (Å²) in [5, 5.41) is 0.180. The lowest BCUT2D eigenvalue weighted by atomic mass is 10.1. The quantitative estimate of drug-likeness (QED) is 0.791. The van der Waals surface area contributed by atoms with E-state index in [0.717, 1.165) is 12.0 Å². The Morgan fingerprint density at radius 3 is 2.20 bits per heavy atom. The third-order valence-corrected chi connectivity index (χ3v) is 1.87. The minimum Gasteiger partial charge on any atom is -0.406 e. The van der Waals surface area contributed by atoms with Crippen LogP contribution in [0, 0.1) is 0 Å². The van der Waals surface area contributed by atoms with Crippen LogP contribution in [0.1, 0.15) is 12.5 Å². The Morgan fingerprint density at radius 1 is 1.27 bits per heavy atom. The second-order valence-corrected chi connectivity index (χ2v) is 4.13. The highest BCUT2D eigenvalue weighted by molar-refractivity contribution is 7.80. The molecule has 0 aliphatic heterocycles. The van der Waals surface area contributed by atoms with E-state index >= 15 is 0 Å². The Morgan fingerprint density at radius 2 is 1.80 bits per heavy atom. The van der Waals surface area contributed by atoms with E-state index in [4.69, 9.17) is 0 Å². The fourth-order valence-electron chi connectivity index (χ4n) is 1.17. The molecule has 84 valence electrons. The molecule has 0 radical (unpaired) electrons. The summed E-state index contributed by atoms with van der Waals surface area (Å²) in [7, 11) is 0. The highest BCUT2D eigenvalue weighted by atomic mass is 32.1. The molecule has 0 saturated carbocycles. The fraction of sp³-hybridized carbons (Fsp3) is 0.400. The van der Waals surface area contributed by atoms with Gasteiger partial charge < -0.3 is 4.74 Å². The minimum atomic E-state index is -4.63. The summed E-state index contributed by atoms with van der Waals surface area (Å²) in [6.45, 7) is 1.92. The fourth-order valence-corrected chi connectivity index (χ4v) is 1.38. The predicted octanol–water partition coefficient (Wildman–Crippen LogP) is 3.45. The van der Waals surface area contributed by atoms with Gasteiger partial charge in [0.1, 0.15) is 5.75 Å². The summed E-state index contributed by atoms with van der Waals surface area (Å²) in [5.41, 5.74) is 0.937.